The number of hydrogen-bond donors (Lipinski definition) is 0. The lowest BCUT2D eigenvalue weighted by atomic mass is 9.93. The maximum Gasteiger partial charge on any atom is 0.147 e. The Morgan fingerprint density at radius 2 is 1.49 bits per heavy atom. The predicted octanol–water partition coefficient (Wildman–Crippen LogP) is 7.33. The SMILES string of the molecule is c1ccc2c(c1)Cc1ccc3c(c1-2)Cc1ccc2c4ccncc4n4c5ccccc5nc4c2c1-3. The van der Waals surface area contributed by atoms with Crippen LogP contribution in [-0.4, -0.2) is 14.4 Å². The summed E-state index contributed by atoms with van der Waals surface area (Å²) in [6.07, 6.45) is 5.88. The molecule has 35 heavy (non-hydrogen) atoms. The molecule has 0 amide bonds. The topological polar surface area (TPSA) is 30.2 Å². The van der Waals surface area contributed by atoms with Gasteiger partial charge in [-0.25, -0.2) is 4.98 Å². The molecular weight excluding hydrogens is 426 g/mol. The average molecular weight is 446 g/mol. The molecule has 0 N–H and O–H groups in total. The van der Waals surface area contributed by atoms with Crippen LogP contribution in [0.5, 0.6) is 0 Å². The Morgan fingerprint density at radius 3 is 2.49 bits per heavy atom. The number of hydrogen-bond acceptors (Lipinski definition) is 2. The summed E-state index contributed by atoms with van der Waals surface area (Å²) in [6.45, 7) is 0. The van der Waals surface area contributed by atoms with E-state index in [1.165, 1.54) is 60.7 Å². The Kier molecular flexibility index (Phi) is 3.14. The summed E-state index contributed by atoms with van der Waals surface area (Å²) in [4.78, 5) is 9.66. The minimum absolute atomic E-state index is 0.971. The number of benzene rings is 4. The van der Waals surface area contributed by atoms with Crippen molar-refractivity contribution in [2.45, 2.75) is 12.8 Å². The summed E-state index contributed by atoms with van der Waals surface area (Å²) in [5.41, 5.74) is 15.6. The van der Waals surface area contributed by atoms with Crippen LogP contribution in [0, 0.1) is 0 Å². The number of para-hydroxylation sites is 2. The van der Waals surface area contributed by atoms with Gasteiger partial charge in [-0.1, -0.05) is 60.7 Å². The molecule has 3 heterocycles. The molecule has 0 unspecified atom stereocenters. The fourth-order valence-corrected chi connectivity index (χ4v) is 6.70. The molecule has 3 aromatic heterocycles. The van der Waals surface area contributed by atoms with Crippen LogP contribution in [0.2, 0.25) is 0 Å². The van der Waals surface area contributed by atoms with E-state index in [1.807, 2.05) is 12.4 Å². The van der Waals surface area contributed by atoms with Gasteiger partial charge in [0.2, 0.25) is 0 Å². The third-order valence-corrected chi connectivity index (χ3v) is 8.11. The molecule has 9 rings (SSSR count). The van der Waals surface area contributed by atoms with E-state index in [0.29, 0.717) is 0 Å². The van der Waals surface area contributed by atoms with Crippen molar-refractivity contribution in [1.29, 1.82) is 0 Å². The number of rotatable bonds is 0. The first-order valence-electron chi connectivity index (χ1n) is 12.2. The highest BCUT2D eigenvalue weighted by molar-refractivity contribution is 6.20. The second-order valence-electron chi connectivity index (χ2n) is 9.81. The van der Waals surface area contributed by atoms with Gasteiger partial charge in [-0.15, -0.1) is 0 Å². The van der Waals surface area contributed by atoms with Crippen molar-refractivity contribution in [2.24, 2.45) is 0 Å². The van der Waals surface area contributed by atoms with E-state index >= 15 is 0 Å². The highest BCUT2D eigenvalue weighted by atomic mass is 15.0. The molecule has 3 nitrogen and oxygen atoms in total. The van der Waals surface area contributed by atoms with Crippen LogP contribution in [0.3, 0.4) is 0 Å². The number of fused-ring (bicyclic) bond motifs is 16. The van der Waals surface area contributed by atoms with Crippen LogP contribution in [0.15, 0.2) is 91.3 Å². The van der Waals surface area contributed by atoms with Crippen molar-refractivity contribution in [3.8, 4) is 22.3 Å². The van der Waals surface area contributed by atoms with Gasteiger partial charge in [-0.05, 0) is 80.9 Å². The van der Waals surface area contributed by atoms with Crippen molar-refractivity contribution < 1.29 is 0 Å². The molecule has 3 heteroatoms. The quantitative estimate of drug-likeness (QED) is 0.229. The molecule has 162 valence electrons. The largest absolute Gasteiger partial charge is 0.290 e. The van der Waals surface area contributed by atoms with E-state index in [1.54, 1.807) is 0 Å². The second kappa shape index (κ2) is 6.13. The van der Waals surface area contributed by atoms with Gasteiger partial charge in [0.15, 0.2) is 0 Å². The first-order valence-corrected chi connectivity index (χ1v) is 12.2. The van der Waals surface area contributed by atoms with Crippen LogP contribution in [0.25, 0.3) is 60.6 Å². The Morgan fingerprint density at radius 1 is 0.629 bits per heavy atom. The zero-order valence-electron chi connectivity index (χ0n) is 18.9. The Bertz CT molecular complexity index is 2060. The van der Waals surface area contributed by atoms with Crippen LogP contribution in [0.4, 0.5) is 0 Å². The fourth-order valence-electron chi connectivity index (χ4n) is 6.70. The van der Waals surface area contributed by atoms with Gasteiger partial charge in [0, 0.05) is 17.0 Å². The van der Waals surface area contributed by atoms with Crippen molar-refractivity contribution in [3.05, 3.63) is 114 Å². The number of aromatic nitrogens is 3. The Hall–Kier alpha value is -4.50. The van der Waals surface area contributed by atoms with Crippen LogP contribution in [0.1, 0.15) is 22.3 Å². The number of pyridine rings is 2. The smallest absolute Gasteiger partial charge is 0.147 e. The zero-order chi connectivity index (χ0) is 22.7. The lowest BCUT2D eigenvalue weighted by molar-refractivity contribution is 1.23. The van der Waals surface area contributed by atoms with Gasteiger partial charge in [-0.2, -0.15) is 0 Å². The van der Waals surface area contributed by atoms with Crippen molar-refractivity contribution >= 4 is 38.4 Å². The minimum atomic E-state index is 0.971. The summed E-state index contributed by atoms with van der Waals surface area (Å²) in [7, 11) is 0. The molecule has 0 saturated carbocycles. The van der Waals surface area contributed by atoms with Gasteiger partial charge in [-0.3, -0.25) is 9.38 Å². The normalized spacial score (nSPS) is 13.5. The maximum absolute atomic E-state index is 5.19. The standard InChI is InChI=1S/C32H19N3/c1-2-6-21-18(5-1)15-19-9-12-24-25(29(19)21)16-20-10-11-23-22-13-14-33-17-28(22)35-27-8-4-3-7-26(27)34-32(35)31(23)30(20)24/h1-14,17H,15-16H2. The number of imidazole rings is 1. The highest BCUT2D eigenvalue weighted by Crippen LogP contribution is 2.50. The summed E-state index contributed by atoms with van der Waals surface area (Å²) in [6, 6.07) is 28.8. The van der Waals surface area contributed by atoms with E-state index < -0.39 is 0 Å². The Balaban J connectivity index is 1.48. The molecule has 0 spiro atoms. The third kappa shape index (κ3) is 2.12. The molecule has 0 radical (unpaired) electrons. The fraction of sp³-hybridized carbons (Fsp3) is 0.0625. The molecule has 0 bridgehead atoms. The van der Waals surface area contributed by atoms with Gasteiger partial charge < -0.3 is 0 Å². The summed E-state index contributed by atoms with van der Waals surface area (Å²) in [5.74, 6) is 0. The van der Waals surface area contributed by atoms with Crippen LogP contribution in [-0.2, 0) is 12.8 Å². The lowest BCUT2D eigenvalue weighted by Gasteiger charge is -2.13. The van der Waals surface area contributed by atoms with Gasteiger partial charge in [0.05, 0.1) is 22.7 Å². The highest BCUT2D eigenvalue weighted by Gasteiger charge is 2.30. The van der Waals surface area contributed by atoms with Gasteiger partial charge >= 0.3 is 0 Å². The van der Waals surface area contributed by atoms with Gasteiger partial charge in [0.1, 0.15) is 5.65 Å². The van der Waals surface area contributed by atoms with Crippen LogP contribution < -0.4 is 0 Å². The molecule has 2 aliphatic rings. The molecule has 0 aliphatic heterocycles. The third-order valence-electron chi connectivity index (χ3n) is 8.11. The maximum atomic E-state index is 5.19. The van der Waals surface area contributed by atoms with E-state index in [9.17, 15) is 0 Å². The van der Waals surface area contributed by atoms with E-state index in [-0.39, 0.29) is 0 Å². The average Bonchev–Trinajstić information content (AvgIpc) is 3.59. The molecular formula is C32H19N3. The van der Waals surface area contributed by atoms with Gasteiger partial charge in [0.25, 0.3) is 0 Å². The van der Waals surface area contributed by atoms with Crippen molar-refractivity contribution in [1.82, 2.24) is 14.4 Å². The van der Waals surface area contributed by atoms with Crippen molar-refractivity contribution in [3.63, 3.8) is 0 Å². The molecule has 0 fully saturated rings. The molecule has 0 saturated heterocycles. The van der Waals surface area contributed by atoms with E-state index in [4.69, 9.17) is 4.98 Å². The lowest BCUT2D eigenvalue weighted by Crippen LogP contribution is -1.94. The Labute approximate surface area is 201 Å². The molecule has 0 atom stereocenters. The second-order valence-corrected chi connectivity index (χ2v) is 9.81. The molecule has 7 aromatic rings. The zero-order valence-corrected chi connectivity index (χ0v) is 18.9. The molecule has 2 aliphatic carbocycles. The van der Waals surface area contributed by atoms with Crippen LogP contribution >= 0.6 is 0 Å². The predicted molar refractivity (Wildman–Crippen MR) is 142 cm³/mol. The number of nitrogens with zero attached hydrogens (tertiary/aromatic N) is 3. The summed E-state index contributed by atoms with van der Waals surface area (Å²) < 4.78 is 2.31. The summed E-state index contributed by atoms with van der Waals surface area (Å²) >= 11 is 0. The molecule has 4 aromatic carbocycles. The summed E-state index contributed by atoms with van der Waals surface area (Å²) in [5, 5.41) is 3.72. The van der Waals surface area contributed by atoms with E-state index in [0.717, 1.165) is 35.0 Å². The van der Waals surface area contributed by atoms with E-state index in [2.05, 4.69) is 88.2 Å². The van der Waals surface area contributed by atoms with Crippen molar-refractivity contribution in [2.75, 3.05) is 0 Å². The first-order chi connectivity index (χ1) is 17.4. The first kappa shape index (κ1) is 17.9. The monoisotopic (exact) mass is 445 g/mol. The minimum Gasteiger partial charge on any atom is -0.290 e.